The van der Waals surface area contributed by atoms with Gasteiger partial charge in [-0.05, 0) is 47.5 Å². The van der Waals surface area contributed by atoms with Gasteiger partial charge in [0.15, 0.2) is 11.5 Å². The second kappa shape index (κ2) is 9.72. The van der Waals surface area contributed by atoms with Crippen molar-refractivity contribution in [3.8, 4) is 29.1 Å². The molecule has 0 heterocycles. The van der Waals surface area contributed by atoms with Gasteiger partial charge in [-0.1, -0.05) is 35.9 Å². The molecule has 0 spiro atoms. The fraction of sp³-hybridized carbons (Fsp3) is 0.174. The van der Waals surface area contributed by atoms with Gasteiger partial charge >= 0.3 is 0 Å². The van der Waals surface area contributed by atoms with E-state index in [1.165, 1.54) is 0 Å². The maximum absolute atomic E-state index is 9.28. The fourth-order valence-electron chi connectivity index (χ4n) is 2.63. The summed E-state index contributed by atoms with van der Waals surface area (Å²) < 4.78 is 22.2. The summed E-state index contributed by atoms with van der Waals surface area (Å²) in [5.74, 6) is 2.36. The van der Waals surface area contributed by atoms with Gasteiger partial charge in [0.05, 0.1) is 19.8 Å². The van der Waals surface area contributed by atoms with E-state index in [4.69, 9.17) is 30.5 Å². The van der Waals surface area contributed by atoms with Crippen LogP contribution in [0.4, 0.5) is 0 Å². The van der Waals surface area contributed by atoms with Crippen molar-refractivity contribution >= 4 is 11.6 Å². The van der Waals surface area contributed by atoms with E-state index in [1.54, 1.807) is 26.4 Å². The fourth-order valence-corrected chi connectivity index (χ4v) is 2.89. The Bertz CT molecular complexity index is 995. The molecule has 0 unspecified atom stereocenters. The highest BCUT2D eigenvalue weighted by Gasteiger charge is 2.15. The van der Waals surface area contributed by atoms with Gasteiger partial charge in [-0.25, -0.2) is 0 Å². The first-order chi connectivity index (χ1) is 14.1. The maximum atomic E-state index is 9.28. The van der Waals surface area contributed by atoms with E-state index in [0.29, 0.717) is 23.7 Å². The molecule has 0 aliphatic rings. The molecule has 3 aromatic rings. The van der Waals surface area contributed by atoms with Crippen LogP contribution in [0.5, 0.6) is 23.0 Å². The van der Waals surface area contributed by atoms with E-state index in [9.17, 15) is 5.26 Å². The predicted molar refractivity (Wildman–Crippen MR) is 111 cm³/mol. The van der Waals surface area contributed by atoms with Gasteiger partial charge in [0.25, 0.3) is 0 Å². The Hall–Kier alpha value is -3.36. The Labute approximate surface area is 175 Å². The minimum atomic E-state index is 0.230. The predicted octanol–water partition coefficient (Wildman–Crippen LogP) is 5.39. The first-order valence-corrected chi connectivity index (χ1v) is 9.26. The molecule has 0 radical (unpaired) electrons. The zero-order chi connectivity index (χ0) is 20.6. The lowest BCUT2D eigenvalue weighted by Crippen LogP contribution is -2.02. The first-order valence-electron chi connectivity index (χ1n) is 8.88. The van der Waals surface area contributed by atoms with Crippen LogP contribution in [0.25, 0.3) is 0 Å². The molecule has 6 heteroatoms. The first kappa shape index (κ1) is 20.4. The third-order valence-corrected chi connectivity index (χ3v) is 4.65. The topological polar surface area (TPSA) is 60.7 Å². The van der Waals surface area contributed by atoms with E-state index in [-0.39, 0.29) is 11.6 Å². The Morgan fingerprint density at radius 3 is 1.76 bits per heavy atom. The number of benzene rings is 3. The van der Waals surface area contributed by atoms with Crippen molar-refractivity contribution in [3.63, 3.8) is 0 Å². The molecule has 148 valence electrons. The monoisotopic (exact) mass is 409 g/mol. The van der Waals surface area contributed by atoms with Crippen LogP contribution in [0.1, 0.15) is 16.7 Å². The third kappa shape index (κ3) is 5.13. The third-order valence-electron chi connectivity index (χ3n) is 4.28. The molecular weight excluding hydrogens is 390 g/mol. The summed E-state index contributed by atoms with van der Waals surface area (Å²) in [7, 11) is 3.24. The number of nitriles is 1. The van der Waals surface area contributed by atoms with Crippen LogP contribution in [0.2, 0.25) is 5.02 Å². The molecule has 0 saturated carbocycles. The molecule has 0 saturated heterocycles. The highest BCUT2D eigenvalue weighted by molar-refractivity contribution is 6.33. The minimum absolute atomic E-state index is 0.230. The van der Waals surface area contributed by atoms with Crippen molar-refractivity contribution < 1.29 is 18.9 Å². The van der Waals surface area contributed by atoms with Gasteiger partial charge in [0, 0.05) is 0 Å². The van der Waals surface area contributed by atoms with Gasteiger partial charge in [-0.15, -0.1) is 0 Å². The smallest absolute Gasteiger partial charge is 0.181 e. The maximum Gasteiger partial charge on any atom is 0.181 e. The molecular formula is C23H20ClNO4. The van der Waals surface area contributed by atoms with Crippen LogP contribution in [0.3, 0.4) is 0 Å². The Morgan fingerprint density at radius 2 is 1.28 bits per heavy atom. The minimum Gasteiger partial charge on any atom is -0.497 e. The quantitative estimate of drug-likeness (QED) is 0.499. The van der Waals surface area contributed by atoms with Gasteiger partial charge in [-0.3, -0.25) is 0 Å². The molecule has 0 atom stereocenters. The Balaban J connectivity index is 1.77. The zero-order valence-electron chi connectivity index (χ0n) is 16.1. The van der Waals surface area contributed by atoms with Crippen molar-refractivity contribution in [1.29, 1.82) is 5.26 Å². The molecule has 0 bridgehead atoms. The highest BCUT2D eigenvalue weighted by atomic mass is 35.5. The largest absolute Gasteiger partial charge is 0.497 e. The van der Waals surface area contributed by atoms with Crippen molar-refractivity contribution in [3.05, 3.63) is 82.4 Å². The lowest BCUT2D eigenvalue weighted by molar-refractivity contribution is 0.256. The van der Waals surface area contributed by atoms with Crippen LogP contribution in [0, 0.1) is 11.3 Å². The van der Waals surface area contributed by atoms with E-state index in [0.717, 1.165) is 22.6 Å². The molecule has 0 aromatic heterocycles. The molecule has 0 N–H and O–H groups in total. The van der Waals surface area contributed by atoms with Crippen molar-refractivity contribution in [2.75, 3.05) is 14.2 Å². The highest BCUT2D eigenvalue weighted by Crippen LogP contribution is 2.38. The van der Waals surface area contributed by atoms with Gasteiger partial charge in [0.1, 0.15) is 35.8 Å². The molecule has 0 aliphatic heterocycles. The van der Waals surface area contributed by atoms with Crippen LogP contribution >= 0.6 is 11.6 Å². The average molecular weight is 410 g/mol. The number of ether oxygens (including phenoxy) is 4. The SMILES string of the molecule is COc1ccc(COc2ccc(C#N)c(Cl)c2OCc2ccc(OC)cc2)cc1. The second-order valence-corrected chi connectivity index (χ2v) is 6.52. The van der Waals surface area contributed by atoms with Gasteiger partial charge < -0.3 is 18.9 Å². The number of methoxy groups -OCH3 is 2. The number of hydrogen-bond donors (Lipinski definition) is 0. The summed E-state index contributed by atoms with van der Waals surface area (Å²) in [4.78, 5) is 0. The van der Waals surface area contributed by atoms with Gasteiger partial charge in [0.2, 0.25) is 0 Å². The molecule has 3 rings (SSSR count). The number of hydrogen-bond acceptors (Lipinski definition) is 5. The Kier molecular flexibility index (Phi) is 6.83. The van der Waals surface area contributed by atoms with Crippen molar-refractivity contribution in [1.82, 2.24) is 0 Å². The van der Waals surface area contributed by atoms with Gasteiger partial charge in [-0.2, -0.15) is 5.26 Å². The second-order valence-electron chi connectivity index (χ2n) is 6.14. The zero-order valence-corrected chi connectivity index (χ0v) is 16.9. The molecule has 5 nitrogen and oxygen atoms in total. The number of rotatable bonds is 8. The molecule has 0 fully saturated rings. The lowest BCUT2D eigenvalue weighted by Gasteiger charge is -2.15. The van der Waals surface area contributed by atoms with E-state index < -0.39 is 0 Å². The summed E-state index contributed by atoms with van der Waals surface area (Å²) in [6.45, 7) is 0.600. The summed E-state index contributed by atoms with van der Waals surface area (Å²) in [5, 5.41) is 9.51. The molecule has 0 aliphatic carbocycles. The summed E-state index contributed by atoms with van der Waals surface area (Å²) in [6.07, 6.45) is 0. The summed E-state index contributed by atoms with van der Waals surface area (Å²) >= 11 is 6.39. The molecule has 29 heavy (non-hydrogen) atoms. The summed E-state index contributed by atoms with van der Waals surface area (Å²) in [5.41, 5.74) is 2.23. The molecule has 3 aromatic carbocycles. The van der Waals surface area contributed by atoms with Crippen molar-refractivity contribution in [2.45, 2.75) is 13.2 Å². The number of halogens is 1. The van der Waals surface area contributed by atoms with Crippen LogP contribution in [-0.4, -0.2) is 14.2 Å². The standard InChI is InChI=1S/C23H20ClNO4/c1-26-19-8-3-16(4-9-19)14-28-21-12-7-18(13-25)22(24)23(21)29-15-17-5-10-20(27-2)11-6-17/h3-12H,14-15H2,1-2H3. The normalized spacial score (nSPS) is 10.1. The van der Waals surface area contributed by atoms with E-state index in [2.05, 4.69) is 6.07 Å². The average Bonchev–Trinajstić information content (AvgIpc) is 2.77. The Morgan fingerprint density at radius 1 is 0.759 bits per heavy atom. The molecule has 0 amide bonds. The van der Waals surface area contributed by atoms with Crippen LogP contribution in [0.15, 0.2) is 60.7 Å². The lowest BCUT2D eigenvalue weighted by atomic mass is 10.2. The van der Waals surface area contributed by atoms with E-state index >= 15 is 0 Å². The van der Waals surface area contributed by atoms with Crippen LogP contribution < -0.4 is 18.9 Å². The van der Waals surface area contributed by atoms with E-state index in [1.807, 2.05) is 48.5 Å². The van der Waals surface area contributed by atoms with Crippen LogP contribution in [-0.2, 0) is 13.2 Å². The number of nitrogens with zero attached hydrogens (tertiary/aromatic N) is 1. The van der Waals surface area contributed by atoms with Crippen molar-refractivity contribution in [2.24, 2.45) is 0 Å². The summed E-state index contributed by atoms with van der Waals surface area (Å²) in [6, 6.07) is 20.5.